The van der Waals surface area contributed by atoms with Crippen LogP contribution in [-0.4, -0.2) is 15.9 Å². The molecule has 1 heterocycles. The Hall–Kier alpha value is -2.14. The Labute approximate surface area is 99.1 Å². The number of nitrogens with one attached hydrogen (secondary N) is 2. The first-order valence-corrected chi connectivity index (χ1v) is 5.33. The second-order valence-electron chi connectivity index (χ2n) is 3.70. The van der Waals surface area contributed by atoms with E-state index in [1.54, 1.807) is 24.5 Å². The fourth-order valence-corrected chi connectivity index (χ4v) is 1.55. The molecule has 0 atom stereocenters. The van der Waals surface area contributed by atoms with E-state index in [1.807, 2.05) is 12.1 Å². The molecule has 0 fully saturated rings. The van der Waals surface area contributed by atoms with Gasteiger partial charge in [-0.15, -0.1) is 0 Å². The quantitative estimate of drug-likeness (QED) is 0.710. The molecule has 0 aliphatic carbocycles. The van der Waals surface area contributed by atoms with Gasteiger partial charge in [-0.1, -0.05) is 12.1 Å². The Morgan fingerprint density at radius 2 is 2.29 bits per heavy atom. The van der Waals surface area contributed by atoms with Gasteiger partial charge in [-0.25, -0.2) is 4.98 Å². The third-order valence-corrected chi connectivity index (χ3v) is 2.39. The Morgan fingerprint density at radius 3 is 3.00 bits per heavy atom. The molecule has 2 aromatic rings. The number of primary amides is 1. The first-order valence-electron chi connectivity index (χ1n) is 5.33. The van der Waals surface area contributed by atoms with Gasteiger partial charge in [0, 0.05) is 24.5 Å². The van der Waals surface area contributed by atoms with Crippen LogP contribution in [0.4, 0.5) is 0 Å². The maximum Gasteiger partial charge on any atom is 0.248 e. The molecule has 0 saturated heterocycles. The Kier molecular flexibility index (Phi) is 3.52. The Bertz CT molecular complexity index is 493. The van der Waals surface area contributed by atoms with Gasteiger partial charge in [0.1, 0.15) is 5.82 Å². The van der Waals surface area contributed by atoms with Crippen LogP contribution in [0.15, 0.2) is 36.7 Å². The minimum Gasteiger partial charge on any atom is -0.366 e. The number of hydrogen-bond donors (Lipinski definition) is 3. The van der Waals surface area contributed by atoms with E-state index < -0.39 is 5.91 Å². The predicted molar refractivity (Wildman–Crippen MR) is 64.1 cm³/mol. The van der Waals surface area contributed by atoms with Gasteiger partial charge in [0.15, 0.2) is 0 Å². The van der Waals surface area contributed by atoms with E-state index in [4.69, 9.17) is 5.73 Å². The van der Waals surface area contributed by atoms with Crippen molar-refractivity contribution in [2.24, 2.45) is 5.73 Å². The van der Waals surface area contributed by atoms with E-state index in [9.17, 15) is 4.79 Å². The molecule has 0 aliphatic rings. The van der Waals surface area contributed by atoms with Crippen LogP contribution in [0.2, 0.25) is 0 Å². The fraction of sp³-hybridized carbons (Fsp3) is 0.167. The highest BCUT2D eigenvalue weighted by Crippen LogP contribution is 2.04. The molecule has 1 aromatic carbocycles. The zero-order valence-electron chi connectivity index (χ0n) is 9.31. The lowest BCUT2D eigenvalue weighted by molar-refractivity contribution is 0.1000. The fourth-order valence-electron chi connectivity index (χ4n) is 1.55. The molecule has 0 aliphatic heterocycles. The van der Waals surface area contributed by atoms with Crippen LogP contribution >= 0.6 is 0 Å². The Morgan fingerprint density at radius 1 is 1.41 bits per heavy atom. The second-order valence-corrected chi connectivity index (χ2v) is 3.70. The summed E-state index contributed by atoms with van der Waals surface area (Å²) in [6.45, 7) is 1.33. The van der Waals surface area contributed by atoms with Gasteiger partial charge in [-0.2, -0.15) is 0 Å². The molecular formula is C12H14N4O. The van der Waals surface area contributed by atoms with Gasteiger partial charge in [0.25, 0.3) is 0 Å². The monoisotopic (exact) mass is 230 g/mol. The third kappa shape index (κ3) is 3.15. The van der Waals surface area contributed by atoms with Crippen molar-refractivity contribution in [2.45, 2.75) is 13.1 Å². The number of H-pyrrole nitrogens is 1. The standard InChI is InChI=1S/C12H14N4O/c13-12(17)10-3-1-2-9(6-10)7-14-8-11-15-4-5-16-11/h1-6,14H,7-8H2,(H2,13,17)(H,15,16). The number of aromatic nitrogens is 2. The molecule has 4 N–H and O–H groups in total. The van der Waals surface area contributed by atoms with Crippen molar-refractivity contribution in [2.75, 3.05) is 0 Å². The average Bonchev–Trinajstić information content (AvgIpc) is 2.82. The highest BCUT2D eigenvalue weighted by Gasteiger charge is 2.01. The van der Waals surface area contributed by atoms with Crippen molar-refractivity contribution in [1.29, 1.82) is 0 Å². The Balaban J connectivity index is 1.90. The minimum absolute atomic E-state index is 0.405. The van der Waals surface area contributed by atoms with Crippen LogP contribution in [0.3, 0.4) is 0 Å². The molecule has 0 unspecified atom stereocenters. The maximum atomic E-state index is 11.0. The number of benzene rings is 1. The van der Waals surface area contributed by atoms with E-state index in [-0.39, 0.29) is 0 Å². The third-order valence-electron chi connectivity index (χ3n) is 2.39. The van der Waals surface area contributed by atoms with Crippen LogP contribution in [0.1, 0.15) is 21.7 Å². The van der Waals surface area contributed by atoms with E-state index in [1.165, 1.54) is 0 Å². The van der Waals surface area contributed by atoms with Crippen LogP contribution in [0, 0.1) is 0 Å². The molecule has 0 bridgehead atoms. The summed E-state index contributed by atoms with van der Waals surface area (Å²) in [5, 5.41) is 3.22. The van der Waals surface area contributed by atoms with Gasteiger partial charge >= 0.3 is 0 Å². The maximum absolute atomic E-state index is 11.0. The number of rotatable bonds is 5. The summed E-state index contributed by atoms with van der Waals surface area (Å²) in [5.41, 5.74) is 6.77. The molecule has 0 saturated carbocycles. The van der Waals surface area contributed by atoms with Gasteiger partial charge in [0.2, 0.25) is 5.91 Å². The summed E-state index contributed by atoms with van der Waals surface area (Å²) < 4.78 is 0. The number of nitrogens with two attached hydrogens (primary N) is 1. The molecule has 1 amide bonds. The summed E-state index contributed by atoms with van der Waals surface area (Å²) in [6, 6.07) is 7.27. The average molecular weight is 230 g/mol. The van der Waals surface area contributed by atoms with Crippen molar-refractivity contribution >= 4 is 5.91 Å². The van der Waals surface area contributed by atoms with Crippen LogP contribution in [0.5, 0.6) is 0 Å². The molecule has 0 spiro atoms. The summed E-state index contributed by atoms with van der Waals surface area (Å²) in [4.78, 5) is 18.1. The predicted octanol–water partition coefficient (Wildman–Crippen LogP) is 0.798. The molecule has 88 valence electrons. The lowest BCUT2D eigenvalue weighted by Crippen LogP contribution is -2.15. The number of amides is 1. The van der Waals surface area contributed by atoms with Crippen LogP contribution < -0.4 is 11.1 Å². The smallest absolute Gasteiger partial charge is 0.248 e. The summed E-state index contributed by atoms with van der Waals surface area (Å²) in [5.74, 6) is 0.481. The number of carbonyl (C=O) groups is 1. The molecular weight excluding hydrogens is 216 g/mol. The SMILES string of the molecule is NC(=O)c1cccc(CNCc2ncc[nH]2)c1. The normalized spacial score (nSPS) is 10.4. The van der Waals surface area contributed by atoms with Crippen LogP contribution in [-0.2, 0) is 13.1 Å². The zero-order chi connectivity index (χ0) is 12.1. The van der Waals surface area contributed by atoms with Gasteiger partial charge < -0.3 is 16.0 Å². The van der Waals surface area contributed by atoms with E-state index in [0.29, 0.717) is 18.7 Å². The van der Waals surface area contributed by atoms with Gasteiger partial charge in [-0.05, 0) is 17.7 Å². The largest absolute Gasteiger partial charge is 0.366 e. The number of aromatic amines is 1. The van der Waals surface area contributed by atoms with E-state index in [0.717, 1.165) is 11.4 Å². The molecule has 17 heavy (non-hydrogen) atoms. The highest BCUT2D eigenvalue weighted by atomic mass is 16.1. The zero-order valence-corrected chi connectivity index (χ0v) is 9.31. The molecule has 5 heteroatoms. The number of hydrogen-bond acceptors (Lipinski definition) is 3. The molecule has 2 rings (SSSR count). The van der Waals surface area contributed by atoms with E-state index >= 15 is 0 Å². The summed E-state index contributed by atoms with van der Waals surface area (Å²) >= 11 is 0. The van der Waals surface area contributed by atoms with Crippen molar-refractivity contribution in [3.63, 3.8) is 0 Å². The lowest BCUT2D eigenvalue weighted by atomic mass is 10.1. The second kappa shape index (κ2) is 5.27. The first-order chi connectivity index (χ1) is 8.25. The minimum atomic E-state index is -0.405. The lowest BCUT2D eigenvalue weighted by Gasteiger charge is -2.04. The molecule has 1 aromatic heterocycles. The van der Waals surface area contributed by atoms with Gasteiger partial charge in [-0.3, -0.25) is 4.79 Å². The van der Waals surface area contributed by atoms with Crippen molar-refractivity contribution in [1.82, 2.24) is 15.3 Å². The number of nitrogens with zero attached hydrogens (tertiary/aromatic N) is 1. The van der Waals surface area contributed by atoms with Crippen molar-refractivity contribution < 1.29 is 4.79 Å². The molecule has 5 nitrogen and oxygen atoms in total. The summed E-state index contributed by atoms with van der Waals surface area (Å²) in [6.07, 6.45) is 3.50. The highest BCUT2D eigenvalue weighted by molar-refractivity contribution is 5.92. The summed E-state index contributed by atoms with van der Waals surface area (Å²) in [7, 11) is 0. The topological polar surface area (TPSA) is 83.8 Å². The van der Waals surface area contributed by atoms with Crippen LogP contribution in [0.25, 0.3) is 0 Å². The first kappa shape index (κ1) is 11.3. The molecule has 0 radical (unpaired) electrons. The number of carbonyl (C=O) groups excluding carboxylic acids is 1. The van der Waals surface area contributed by atoms with Gasteiger partial charge in [0.05, 0.1) is 6.54 Å². The number of imidazole rings is 1. The van der Waals surface area contributed by atoms with E-state index in [2.05, 4.69) is 15.3 Å². The van der Waals surface area contributed by atoms with Crippen molar-refractivity contribution in [3.8, 4) is 0 Å². The van der Waals surface area contributed by atoms with Crippen molar-refractivity contribution in [3.05, 3.63) is 53.6 Å².